The lowest BCUT2D eigenvalue weighted by molar-refractivity contribution is -0.138. The van der Waals surface area contributed by atoms with Crippen molar-refractivity contribution < 1.29 is 19.1 Å². The third kappa shape index (κ3) is 5.41. The molecule has 0 unspecified atom stereocenters. The predicted molar refractivity (Wildman–Crippen MR) is 99.6 cm³/mol. The molecule has 27 heavy (non-hydrogen) atoms. The van der Waals surface area contributed by atoms with E-state index < -0.39 is 0 Å². The highest BCUT2D eigenvalue weighted by Gasteiger charge is 2.28. The van der Waals surface area contributed by atoms with Crippen molar-refractivity contribution in [1.29, 1.82) is 0 Å². The number of likely N-dealkylation sites (tertiary alicyclic amines) is 1. The number of hydrogen-bond acceptors (Lipinski definition) is 4. The third-order valence-corrected chi connectivity index (χ3v) is 4.38. The van der Waals surface area contributed by atoms with Crippen molar-refractivity contribution in [3.05, 3.63) is 65.7 Å². The Morgan fingerprint density at radius 2 is 1.59 bits per heavy atom. The maximum Gasteiger partial charge on any atom is 0.229 e. The molecular weight excluding hydrogens is 344 g/mol. The van der Waals surface area contributed by atoms with Gasteiger partial charge in [0.25, 0.3) is 0 Å². The first kappa shape index (κ1) is 18.6. The van der Waals surface area contributed by atoms with E-state index in [-0.39, 0.29) is 43.5 Å². The van der Waals surface area contributed by atoms with Crippen LogP contribution in [0, 0.1) is 0 Å². The summed E-state index contributed by atoms with van der Waals surface area (Å²) in [5.41, 5.74) is 2.05. The molecule has 0 saturated carbocycles. The monoisotopic (exact) mass is 366 g/mol. The summed E-state index contributed by atoms with van der Waals surface area (Å²) in [6, 6.07) is 17.5. The first-order valence-electron chi connectivity index (χ1n) is 8.97. The van der Waals surface area contributed by atoms with Crippen molar-refractivity contribution in [3.63, 3.8) is 0 Å². The summed E-state index contributed by atoms with van der Waals surface area (Å²) < 4.78 is 5.73. The van der Waals surface area contributed by atoms with E-state index in [1.54, 1.807) is 0 Å². The normalized spacial score (nSPS) is 13.7. The number of ether oxygens (including phenoxy) is 1. The molecule has 140 valence electrons. The Morgan fingerprint density at radius 1 is 0.926 bits per heavy atom. The van der Waals surface area contributed by atoms with Crippen LogP contribution in [0.2, 0.25) is 0 Å². The number of imide groups is 1. The van der Waals surface area contributed by atoms with Crippen molar-refractivity contribution in [1.82, 2.24) is 10.2 Å². The molecule has 0 bridgehead atoms. The third-order valence-electron chi connectivity index (χ3n) is 4.38. The van der Waals surface area contributed by atoms with E-state index in [9.17, 15) is 14.4 Å². The van der Waals surface area contributed by atoms with Gasteiger partial charge < -0.3 is 10.1 Å². The molecule has 0 atom stereocenters. The summed E-state index contributed by atoms with van der Waals surface area (Å²) >= 11 is 0. The quantitative estimate of drug-likeness (QED) is 0.728. The number of nitrogens with zero attached hydrogens (tertiary/aromatic N) is 1. The van der Waals surface area contributed by atoms with Crippen LogP contribution in [0.5, 0.6) is 5.75 Å². The summed E-state index contributed by atoms with van der Waals surface area (Å²) in [5, 5.41) is 2.80. The van der Waals surface area contributed by atoms with Crippen molar-refractivity contribution in [3.8, 4) is 5.75 Å². The number of hydrogen-bond donors (Lipinski definition) is 1. The van der Waals surface area contributed by atoms with E-state index in [0.717, 1.165) is 16.9 Å². The van der Waals surface area contributed by atoms with Crippen LogP contribution in [0.25, 0.3) is 0 Å². The van der Waals surface area contributed by atoms with Gasteiger partial charge in [0.1, 0.15) is 12.4 Å². The maximum atomic E-state index is 11.9. The number of amides is 3. The molecule has 0 radical (unpaired) electrons. The Bertz CT molecular complexity index is 787. The van der Waals surface area contributed by atoms with E-state index in [4.69, 9.17) is 4.74 Å². The molecule has 3 rings (SSSR count). The van der Waals surface area contributed by atoms with Gasteiger partial charge in [-0.1, -0.05) is 42.5 Å². The second kappa shape index (κ2) is 8.98. The van der Waals surface area contributed by atoms with Gasteiger partial charge in [-0.25, -0.2) is 0 Å². The van der Waals surface area contributed by atoms with Crippen LogP contribution >= 0.6 is 0 Å². The highest BCUT2D eigenvalue weighted by Crippen LogP contribution is 2.15. The number of benzene rings is 2. The first-order valence-corrected chi connectivity index (χ1v) is 8.97. The second-order valence-corrected chi connectivity index (χ2v) is 6.38. The molecule has 0 aromatic heterocycles. The zero-order valence-electron chi connectivity index (χ0n) is 15.0. The summed E-state index contributed by atoms with van der Waals surface area (Å²) in [6.07, 6.45) is 0.619. The Labute approximate surface area is 158 Å². The molecule has 1 fully saturated rings. The highest BCUT2D eigenvalue weighted by molar-refractivity contribution is 6.02. The smallest absolute Gasteiger partial charge is 0.229 e. The minimum atomic E-state index is -0.195. The molecule has 1 N–H and O–H groups in total. The van der Waals surface area contributed by atoms with Gasteiger partial charge >= 0.3 is 0 Å². The van der Waals surface area contributed by atoms with Crippen LogP contribution in [-0.4, -0.2) is 29.2 Å². The molecular formula is C21H22N2O4. The largest absolute Gasteiger partial charge is 0.489 e. The minimum Gasteiger partial charge on any atom is -0.489 e. The zero-order valence-corrected chi connectivity index (χ0v) is 15.0. The van der Waals surface area contributed by atoms with Gasteiger partial charge in [-0.3, -0.25) is 19.3 Å². The van der Waals surface area contributed by atoms with E-state index in [0.29, 0.717) is 13.2 Å². The molecule has 6 heteroatoms. The molecule has 0 spiro atoms. The number of carbonyl (C=O) groups excluding carboxylic acids is 3. The van der Waals surface area contributed by atoms with Crippen molar-refractivity contribution in [2.45, 2.75) is 32.4 Å². The Morgan fingerprint density at radius 3 is 2.26 bits per heavy atom. The highest BCUT2D eigenvalue weighted by atomic mass is 16.5. The lowest BCUT2D eigenvalue weighted by Crippen LogP contribution is -2.34. The fourth-order valence-corrected chi connectivity index (χ4v) is 2.82. The van der Waals surface area contributed by atoms with Crippen LogP contribution in [0.1, 0.15) is 30.4 Å². The SMILES string of the molecule is O=C(CCN1C(=O)CCC1=O)NCc1ccc(OCc2ccccc2)cc1. The number of rotatable bonds is 8. The fourth-order valence-electron chi connectivity index (χ4n) is 2.82. The summed E-state index contributed by atoms with van der Waals surface area (Å²) in [7, 11) is 0. The number of carbonyl (C=O) groups is 3. The molecule has 1 heterocycles. The van der Waals surface area contributed by atoms with Crippen LogP contribution in [0.15, 0.2) is 54.6 Å². The zero-order chi connectivity index (χ0) is 19.1. The van der Waals surface area contributed by atoms with Crippen LogP contribution in [-0.2, 0) is 27.5 Å². The van der Waals surface area contributed by atoms with E-state index >= 15 is 0 Å². The lowest BCUT2D eigenvalue weighted by Gasteiger charge is -2.13. The summed E-state index contributed by atoms with van der Waals surface area (Å²) in [5.74, 6) is 0.185. The Hall–Kier alpha value is -3.15. The molecule has 1 aliphatic rings. The van der Waals surface area contributed by atoms with Gasteiger partial charge in [0, 0.05) is 32.4 Å². The van der Waals surface area contributed by atoms with Crippen molar-refractivity contribution in [2.24, 2.45) is 0 Å². The predicted octanol–water partition coefficient (Wildman–Crippen LogP) is 2.42. The van der Waals surface area contributed by atoms with Gasteiger partial charge in [-0.15, -0.1) is 0 Å². The molecule has 2 aromatic rings. The summed E-state index contributed by atoms with van der Waals surface area (Å²) in [4.78, 5) is 36.1. The van der Waals surface area contributed by atoms with E-state index in [2.05, 4.69) is 5.32 Å². The van der Waals surface area contributed by atoms with Gasteiger partial charge in [-0.05, 0) is 23.3 Å². The van der Waals surface area contributed by atoms with E-state index in [1.165, 1.54) is 4.90 Å². The van der Waals surface area contributed by atoms with Crippen LogP contribution in [0.3, 0.4) is 0 Å². The average Bonchev–Trinajstić information content (AvgIpc) is 3.02. The number of nitrogens with one attached hydrogen (secondary N) is 1. The Balaban J connectivity index is 1.39. The minimum absolute atomic E-state index is 0.121. The van der Waals surface area contributed by atoms with Crippen molar-refractivity contribution in [2.75, 3.05) is 6.54 Å². The van der Waals surface area contributed by atoms with Crippen LogP contribution in [0.4, 0.5) is 0 Å². The molecule has 3 amide bonds. The maximum absolute atomic E-state index is 11.9. The van der Waals surface area contributed by atoms with Gasteiger partial charge in [0.2, 0.25) is 17.7 Å². The molecule has 2 aromatic carbocycles. The second-order valence-electron chi connectivity index (χ2n) is 6.38. The molecule has 1 saturated heterocycles. The topological polar surface area (TPSA) is 75.7 Å². The fraction of sp³-hybridized carbons (Fsp3) is 0.286. The van der Waals surface area contributed by atoms with Gasteiger partial charge in [0.05, 0.1) is 0 Å². The standard InChI is InChI=1S/C21H22N2O4/c24-19(12-13-23-20(25)10-11-21(23)26)22-14-16-6-8-18(9-7-16)27-15-17-4-2-1-3-5-17/h1-9H,10-15H2,(H,22,24). The van der Waals surface area contributed by atoms with Gasteiger partial charge in [-0.2, -0.15) is 0 Å². The van der Waals surface area contributed by atoms with E-state index in [1.807, 2.05) is 54.6 Å². The first-order chi connectivity index (χ1) is 13.1. The van der Waals surface area contributed by atoms with Crippen molar-refractivity contribution >= 4 is 17.7 Å². The average molecular weight is 366 g/mol. The molecule has 6 nitrogen and oxygen atoms in total. The van der Waals surface area contributed by atoms with Crippen LogP contribution < -0.4 is 10.1 Å². The molecule has 0 aliphatic carbocycles. The summed E-state index contributed by atoms with van der Waals surface area (Å²) in [6.45, 7) is 1.04. The lowest BCUT2D eigenvalue weighted by atomic mass is 10.2. The Kier molecular flexibility index (Phi) is 6.20. The van der Waals surface area contributed by atoms with Gasteiger partial charge in [0.15, 0.2) is 0 Å². The molecule has 1 aliphatic heterocycles.